The molecule has 1 aromatic rings. The molecule has 0 aliphatic rings. The van der Waals surface area contributed by atoms with Crippen LogP contribution in [-0.2, 0) is 10.0 Å². The van der Waals surface area contributed by atoms with Gasteiger partial charge in [0, 0.05) is 0 Å². The van der Waals surface area contributed by atoms with Crippen LogP contribution in [0, 0.1) is 5.41 Å². The van der Waals surface area contributed by atoms with Crippen LogP contribution in [0.1, 0.15) is 32.4 Å². The summed E-state index contributed by atoms with van der Waals surface area (Å²) >= 11 is 0. The zero-order valence-electron chi connectivity index (χ0n) is 10.2. The first-order chi connectivity index (χ1) is 7.20. The highest BCUT2D eigenvalue weighted by molar-refractivity contribution is 7.88. The highest BCUT2D eigenvalue weighted by Crippen LogP contribution is 2.32. The van der Waals surface area contributed by atoms with Gasteiger partial charge >= 0.3 is 0 Å². The Hall–Kier alpha value is -0.870. The first-order valence-corrected chi connectivity index (χ1v) is 7.11. The zero-order chi connectivity index (χ0) is 12.4. The summed E-state index contributed by atoms with van der Waals surface area (Å²) < 4.78 is 25.4. The first kappa shape index (κ1) is 13.2. The largest absolute Gasteiger partial charge is 0.213 e. The molecule has 0 radical (unpaired) electrons. The van der Waals surface area contributed by atoms with Gasteiger partial charge in [-0.15, -0.1) is 0 Å². The Morgan fingerprint density at radius 1 is 1.12 bits per heavy atom. The molecule has 0 aromatic heterocycles. The lowest BCUT2D eigenvalue weighted by molar-refractivity contribution is 0.305. The van der Waals surface area contributed by atoms with E-state index in [1.807, 2.05) is 51.1 Å². The van der Waals surface area contributed by atoms with Crippen molar-refractivity contribution in [3.8, 4) is 0 Å². The Balaban J connectivity index is 3.08. The van der Waals surface area contributed by atoms with Crippen LogP contribution < -0.4 is 4.72 Å². The molecule has 0 spiro atoms. The van der Waals surface area contributed by atoms with Crippen molar-refractivity contribution in [3.63, 3.8) is 0 Å². The van der Waals surface area contributed by atoms with Gasteiger partial charge in [-0.05, 0) is 11.0 Å². The standard InChI is InChI=1S/C12H19NO2S/c1-12(2,3)11(13-16(4,14)15)10-8-6-5-7-9-10/h5-9,11,13H,1-4H3. The van der Waals surface area contributed by atoms with Crippen molar-refractivity contribution in [2.75, 3.05) is 6.26 Å². The van der Waals surface area contributed by atoms with Gasteiger partial charge in [-0.25, -0.2) is 13.1 Å². The summed E-state index contributed by atoms with van der Waals surface area (Å²) in [4.78, 5) is 0. The SMILES string of the molecule is CC(C)(C)C(NS(C)(=O)=O)c1ccccc1. The van der Waals surface area contributed by atoms with E-state index >= 15 is 0 Å². The predicted molar refractivity (Wildman–Crippen MR) is 66.6 cm³/mol. The van der Waals surface area contributed by atoms with E-state index in [1.165, 1.54) is 6.26 Å². The Labute approximate surface area is 97.9 Å². The maximum atomic E-state index is 11.4. The van der Waals surface area contributed by atoms with Gasteiger partial charge in [0.2, 0.25) is 10.0 Å². The molecule has 0 fully saturated rings. The molecule has 4 heteroatoms. The van der Waals surface area contributed by atoms with Gasteiger partial charge in [-0.1, -0.05) is 51.1 Å². The lowest BCUT2D eigenvalue weighted by atomic mass is 9.83. The summed E-state index contributed by atoms with van der Waals surface area (Å²) in [6, 6.07) is 9.42. The van der Waals surface area contributed by atoms with E-state index in [-0.39, 0.29) is 11.5 Å². The zero-order valence-corrected chi connectivity index (χ0v) is 11.0. The van der Waals surface area contributed by atoms with Gasteiger partial charge < -0.3 is 0 Å². The van der Waals surface area contributed by atoms with Crippen LogP contribution in [-0.4, -0.2) is 14.7 Å². The van der Waals surface area contributed by atoms with Crippen molar-refractivity contribution >= 4 is 10.0 Å². The molecule has 16 heavy (non-hydrogen) atoms. The van der Waals surface area contributed by atoms with Crippen LogP contribution in [0.25, 0.3) is 0 Å². The van der Waals surface area contributed by atoms with Gasteiger partial charge in [-0.3, -0.25) is 0 Å². The molecule has 0 bridgehead atoms. The van der Waals surface area contributed by atoms with Crippen molar-refractivity contribution in [3.05, 3.63) is 35.9 Å². The fraction of sp³-hybridized carbons (Fsp3) is 0.500. The van der Waals surface area contributed by atoms with Gasteiger partial charge in [0.1, 0.15) is 0 Å². The van der Waals surface area contributed by atoms with Gasteiger partial charge in [0.25, 0.3) is 0 Å². The number of sulfonamides is 1. The fourth-order valence-electron chi connectivity index (χ4n) is 1.60. The average molecular weight is 241 g/mol. The average Bonchev–Trinajstić information content (AvgIpc) is 2.13. The molecular weight excluding hydrogens is 222 g/mol. The summed E-state index contributed by atoms with van der Waals surface area (Å²) in [5.41, 5.74) is 0.824. The quantitative estimate of drug-likeness (QED) is 0.882. The summed E-state index contributed by atoms with van der Waals surface area (Å²) in [6.07, 6.45) is 1.19. The van der Waals surface area contributed by atoms with Crippen LogP contribution in [0.2, 0.25) is 0 Å². The second-order valence-electron chi connectivity index (χ2n) is 5.10. The molecular formula is C12H19NO2S. The molecule has 1 N–H and O–H groups in total. The molecule has 1 atom stereocenters. The fourth-order valence-corrected chi connectivity index (χ4v) is 2.52. The Morgan fingerprint density at radius 2 is 1.62 bits per heavy atom. The maximum absolute atomic E-state index is 11.4. The van der Waals surface area contributed by atoms with E-state index in [2.05, 4.69) is 4.72 Å². The Bertz CT molecular complexity index is 432. The Kier molecular flexibility index (Phi) is 3.76. The molecule has 0 aliphatic carbocycles. The molecule has 90 valence electrons. The maximum Gasteiger partial charge on any atom is 0.209 e. The minimum Gasteiger partial charge on any atom is -0.213 e. The highest BCUT2D eigenvalue weighted by Gasteiger charge is 2.28. The predicted octanol–water partition coefficient (Wildman–Crippen LogP) is 2.32. The van der Waals surface area contributed by atoms with Crippen molar-refractivity contribution in [1.29, 1.82) is 0 Å². The number of benzene rings is 1. The topological polar surface area (TPSA) is 46.2 Å². The van der Waals surface area contributed by atoms with Crippen LogP contribution in [0.4, 0.5) is 0 Å². The minimum absolute atomic E-state index is 0.162. The van der Waals surface area contributed by atoms with Crippen LogP contribution >= 0.6 is 0 Å². The summed E-state index contributed by atoms with van der Waals surface area (Å²) in [6.45, 7) is 6.05. The van der Waals surface area contributed by atoms with Crippen molar-refractivity contribution in [2.45, 2.75) is 26.8 Å². The monoisotopic (exact) mass is 241 g/mol. The van der Waals surface area contributed by atoms with E-state index in [0.717, 1.165) is 5.56 Å². The lowest BCUT2D eigenvalue weighted by Crippen LogP contribution is -2.35. The molecule has 0 heterocycles. The van der Waals surface area contributed by atoms with E-state index < -0.39 is 10.0 Å². The van der Waals surface area contributed by atoms with Crippen LogP contribution in [0.3, 0.4) is 0 Å². The van der Waals surface area contributed by atoms with Crippen LogP contribution in [0.5, 0.6) is 0 Å². The molecule has 0 saturated carbocycles. The van der Waals surface area contributed by atoms with Gasteiger partial charge in [0.05, 0.1) is 12.3 Å². The van der Waals surface area contributed by atoms with E-state index in [0.29, 0.717) is 0 Å². The summed E-state index contributed by atoms with van der Waals surface area (Å²) in [5, 5.41) is 0. The molecule has 0 aliphatic heterocycles. The smallest absolute Gasteiger partial charge is 0.209 e. The second-order valence-corrected chi connectivity index (χ2v) is 6.88. The number of hydrogen-bond donors (Lipinski definition) is 1. The van der Waals surface area contributed by atoms with E-state index in [1.54, 1.807) is 0 Å². The molecule has 1 rings (SSSR count). The minimum atomic E-state index is -3.20. The molecule has 0 saturated heterocycles. The molecule has 3 nitrogen and oxygen atoms in total. The van der Waals surface area contributed by atoms with E-state index in [4.69, 9.17) is 0 Å². The number of hydrogen-bond acceptors (Lipinski definition) is 2. The third-order valence-corrected chi connectivity index (χ3v) is 2.99. The van der Waals surface area contributed by atoms with Crippen molar-refractivity contribution in [1.82, 2.24) is 4.72 Å². The van der Waals surface area contributed by atoms with Crippen molar-refractivity contribution < 1.29 is 8.42 Å². The summed E-state index contributed by atoms with van der Waals surface area (Å²) in [7, 11) is -3.20. The van der Waals surface area contributed by atoms with Gasteiger partial charge in [-0.2, -0.15) is 0 Å². The second kappa shape index (κ2) is 4.55. The first-order valence-electron chi connectivity index (χ1n) is 5.22. The molecule has 1 unspecified atom stereocenters. The third kappa shape index (κ3) is 3.94. The number of rotatable bonds is 3. The number of nitrogens with one attached hydrogen (secondary N) is 1. The Morgan fingerprint density at radius 3 is 2.00 bits per heavy atom. The third-order valence-electron chi connectivity index (χ3n) is 2.33. The van der Waals surface area contributed by atoms with E-state index in [9.17, 15) is 8.42 Å². The molecule has 1 aromatic carbocycles. The normalized spacial score (nSPS) is 14.8. The summed E-state index contributed by atoms with van der Waals surface area (Å²) in [5.74, 6) is 0. The molecule has 0 amide bonds. The van der Waals surface area contributed by atoms with Crippen molar-refractivity contribution in [2.24, 2.45) is 5.41 Å². The van der Waals surface area contributed by atoms with Crippen LogP contribution in [0.15, 0.2) is 30.3 Å². The highest BCUT2D eigenvalue weighted by atomic mass is 32.2. The van der Waals surface area contributed by atoms with Gasteiger partial charge in [0.15, 0.2) is 0 Å². The lowest BCUT2D eigenvalue weighted by Gasteiger charge is -2.31.